The van der Waals surface area contributed by atoms with Gasteiger partial charge >= 0.3 is 0 Å². The second-order valence-corrected chi connectivity index (χ2v) is 7.85. The molecule has 2 heterocycles. The van der Waals surface area contributed by atoms with Gasteiger partial charge < -0.3 is 0 Å². The van der Waals surface area contributed by atoms with E-state index < -0.39 is 0 Å². The Morgan fingerprint density at radius 2 is 1.57 bits per heavy atom. The van der Waals surface area contributed by atoms with Gasteiger partial charge in [-0.15, -0.1) is 10.2 Å². The van der Waals surface area contributed by atoms with Crippen LogP contribution in [0.4, 0.5) is 5.95 Å². The number of aromatic nitrogens is 3. The highest BCUT2D eigenvalue weighted by Gasteiger charge is 2.26. The minimum atomic E-state index is 0.461. The van der Waals surface area contributed by atoms with Crippen LogP contribution in [-0.2, 0) is 6.54 Å². The van der Waals surface area contributed by atoms with Gasteiger partial charge in [0.1, 0.15) is 11.5 Å². The molecule has 0 amide bonds. The normalized spacial score (nSPS) is 12.8. The number of rotatable bonds is 3. The van der Waals surface area contributed by atoms with Gasteiger partial charge in [-0.3, -0.25) is 4.57 Å². The van der Waals surface area contributed by atoms with E-state index >= 15 is 0 Å². The zero-order chi connectivity index (χ0) is 20.7. The largest absolute Gasteiger partial charge is 0.263 e. The van der Waals surface area contributed by atoms with Crippen molar-refractivity contribution >= 4 is 34.9 Å². The minimum absolute atomic E-state index is 0.461. The average molecular weight is 434 g/mol. The predicted molar refractivity (Wildman–Crippen MR) is 121 cm³/mol. The molecule has 1 aromatic heterocycles. The second-order valence-electron chi connectivity index (χ2n) is 7.00. The van der Waals surface area contributed by atoms with E-state index in [4.69, 9.17) is 28.3 Å². The first kappa shape index (κ1) is 18.9. The molecule has 0 aliphatic carbocycles. The van der Waals surface area contributed by atoms with Crippen LogP contribution in [0.1, 0.15) is 22.5 Å². The summed E-state index contributed by atoms with van der Waals surface area (Å²) in [6.07, 6.45) is 0. The SMILES string of the molecule is Cc1nnc2n1-c1ccccc1C(c1ccc(Cl)cc1)=NN2Cc1ccccc1Cl. The number of benzene rings is 3. The zero-order valence-electron chi connectivity index (χ0n) is 16.1. The molecule has 0 unspecified atom stereocenters. The van der Waals surface area contributed by atoms with E-state index in [1.807, 2.05) is 77.2 Å². The Bertz CT molecular complexity index is 1260. The average Bonchev–Trinajstić information content (AvgIpc) is 3.08. The van der Waals surface area contributed by atoms with E-state index in [0.717, 1.165) is 33.9 Å². The molecule has 0 spiro atoms. The van der Waals surface area contributed by atoms with Crippen LogP contribution in [0.2, 0.25) is 10.0 Å². The molecule has 7 heteroatoms. The monoisotopic (exact) mass is 433 g/mol. The maximum Gasteiger partial charge on any atom is 0.252 e. The van der Waals surface area contributed by atoms with Crippen LogP contribution in [0.15, 0.2) is 77.9 Å². The lowest BCUT2D eigenvalue weighted by molar-refractivity contribution is 0.796. The second kappa shape index (κ2) is 7.59. The lowest BCUT2D eigenvalue weighted by Gasteiger charge is -2.18. The lowest BCUT2D eigenvalue weighted by Crippen LogP contribution is -2.20. The van der Waals surface area contributed by atoms with Gasteiger partial charge in [0.25, 0.3) is 5.95 Å². The molecule has 0 saturated heterocycles. The summed E-state index contributed by atoms with van der Waals surface area (Å²) >= 11 is 12.6. The fourth-order valence-electron chi connectivity index (χ4n) is 3.60. The molecule has 3 aromatic carbocycles. The maximum absolute atomic E-state index is 6.44. The summed E-state index contributed by atoms with van der Waals surface area (Å²) in [5.74, 6) is 1.43. The highest BCUT2D eigenvalue weighted by molar-refractivity contribution is 6.31. The Labute approximate surface area is 184 Å². The van der Waals surface area contributed by atoms with Gasteiger partial charge in [-0.05, 0) is 36.8 Å². The molecule has 0 bridgehead atoms. The molecular weight excluding hydrogens is 417 g/mol. The van der Waals surface area contributed by atoms with Crippen molar-refractivity contribution in [3.8, 4) is 5.69 Å². The first-order chi connectivity index (χ1) is 14.6. The summed E-state index contributed by atoms with van der Waals surface area (Å²) in [6.45, 7) is 2.40. The zero-order valence-corrected chi connectivity index (χ0v) is 17.6. The third-order valence-electron chi connectivity index (χ3n) is 5.06. The number of halogens is 2. The van der Waals surface area contributed by atoms with Crippen molar-refractivity contribution in [3.63, 3.8) is 0 Å². The summed E-state index contributed by atoms with van der Waals surface area (Å²) in [5.41, 5.74) is 4.72. The Balaban J connectivity index is 1.74. The quantitative estimate of drug-likeness (QED) is 0.418. The summed E-state index contributed by atoms with van der Waals surface area (Å²) in [5, 5.41) is 17.0. The molecule has 0 N–H and O–H groups in total. The number of aryl methyl sites for hydroxylation is 1. The molecule has 30 heavy (non-hydrogen) atoms. The van der Waals surface area contributed by atoms with Gasteiger partial charge in [-0.25, -0.2) is 5.01 Å². The van der Waals surface area contributed by atoms with Crippen molar-refractivity contribution in [2.75, 3.05) is 5.01 Å². The third kappa shape index (κ3) is 3.26. The Morgan fingerprint density at radius 3 is 2.37 bits per heavy atom. The first-order valence-corrected chi connectivity index (χ1v) is 10.2. The van der Waals surface area contributed by atoms with E-state index in [2.05, 4.69) is 22.3 Å². The summed E-state index contributed by atoms with van der Waals surface area (Å²) in [6, 6.07) is 23.6. The van der Waals surface area contributed by atoms with E-state index in [-0.39, 0.29) is 0 Å². The summed E-state index contributed by atoms with van der Waals surface area (Å²) in [4.78, 5) is 0. The van der Waals surface area contributed by atoms with Crippen molar-refractivity contribution in [2.24, 2.45) is 5.10 Å². The van der Waals surface area contributed by atoms with Gasteiger partial charge in [-0.1, -0.05) is 71.7 Å². The maximum atomic E-state index is 6.44. The smallest absolute Gasteiger partial charge is 0.252 e. The van der Waals surface area contributed by atoms with Gasteiger partial charge in [-0.2, -0.15) is 5.10 Å². The minimum Gasteiger partial charge on any atom is -0.263 e. The Morgan fingerprint density at radius 1 is 0.833 bits per heavy atom. The number of anilines is 1. The number of nitrogens with zero attached hydrogens (tertiary/aromatic N) is 5. The Kier molecular flexibility index (Phi) is 4.77. The van der Waals surface area contributed by atoms with Gasteiger partial charge in [0.15, 0.2) is 0 Å². The lowest BCUT2D eigenvalue weighted by atomic mass is 10.0. The van der Waals surface area contributed by atoms with Crippen molar-refractivity contribution in [1.29, 1.82) is 0 Å². The van der Waals surface area contributed by atoms with Crippen molar-refractivity contribution in [1.82, 2.24) is 14.8 Å². The Hall–Kier alpha value is -3.15. The molecular formula is C23H17Cl2N5. The highest BCUT2D eigenvalue weighted by atomic mass is 35.5. The molecule has 5 rings (SSSR count). The van der Waals surface area contributed by atoms with Crippen LogP contribution >= 0.6 is 23.2 Å². The number of hydrogen-bond acceptors (Lipinski definition) is 4. The molecule has 0 fully saturated rings. The van der Waals surface area contributed by atoms with Crippen LogP contribution in [0.5, 0.6) is 0 Å². The fraction of sp³-hybridized carbons (Fsp3) is 0.0870. The van der Waals surface area contributed by atoms with Gasteiger partial charge in [0.2, 0.25) is 0 Å². The summed E-state index contributed by atoms with van der Waals surface area (Å²) in [7, 11) is 0. The van der Waals surface area contributed by atoms with Crippen LogP contribution < -0.4 is 5.01 Å². The molecule has 0 radical (unpaired) electrons. The molecule has 0 saturated carbocycles. The molecule has 1 aliphatic heterocycles. The van der Waals surface area contributed by atoms with Crippen LogP contribution in [0.25, 0.3) is 5.69 Å². The van der Waals surface area contributed by atoms with Crippen LogP contribution in [0, 0.1) is 6.92 Å². The van der Waals surface area contributed by atoms with Crippen molar-refractivity contribution < 1.29 is 0 Å². The summed E-state index contributed by atoms with van der Waals surface area (Å²) < 4.78 is 2.03. The van der Waals surface area contributed by atoms with E-state index in [1.54, 1.807) is 0 Å². The number of fused-ring (bicyclic) bond motifs is 3. The van der Waals surface area contributed by atoms with Crippen LogP contribution in [-0.4, -0.2) is 20.5 Å². The van der Waals surface area contributed by atoms with E-state index in [9.17, 15) is 0 Å². The van der Waals surface area contributed by atoms with E-state index in [0.29, 0.717) is 22.5 Å². The van der Waals surface area contributed by atoms with Gasteiger partial charge in [0, 0.05) is 21.2 Å². The van der Waals surface area contributed by atoms with E-state index in [1.165, 1.54) is 0 Å². The van der Waals surface area contributed by atoms with Crippen LogP contribution in [0.3, 0.4) is 0 Å². The molecule has 1 aliphatic rings. The van der Waals surface area contributed by atoms with Crippen molar-refractivity contribution in [3.05, 3.63) is 105 Å². The number of hydrogen-bond donors (Lipinski definition) is 0. The first-order valence-electron chi connectivity index (χ1n) is 9.49. The predicted octanol–water partition coefficient (Wildman–Crippen LogP) is 5.66. The molecule has 4 aromatic rings. The standard InChI is InChI=1S/C23H17Cl2N5/c1-15-26-27-23-29(14-17-6-2-4-8-20(17)25)28-22(16-10-12-18(24)13-11-16)19-7-3-5-9-21(19)30(15)23/h2-13H,14H2,1H3. The van der Waals surface area contributed by atoms with Gasteiger partial charge in [0.05, 0.1) is 12.2 Å². The fourth-order valence-corrected chi connectivity index (χ4v) is 3.93. The number of hydrazone groups is 1. The number of para-hydroxylation sites is 1. The topological polar surface area (TPSA) is 46.3 Å². The van der Waals surface area contributed by atoms with Crippen molar-refractivity contribution in [2.45, 2.75) is 13.5 Å². The molecule has 5 nitrogen and oxygen atoms in total. The highest BCUT2D eigenvalue weighted by Crippen LogP contribution is 2.31. The molecule has 148 valence electrons. The molecule has 0 atom stereocenters. The third-order valence-corrected chi connectivity index (χ3v) is 5.68.